The Balaban J connectivity index is 1.79. The zero-order valence-corrected chi connectivity index (χ0v) is 10.4. The molecule has 1 aliphatic carbocycles. The van der Waals surface area contributed by atoms with E-state index in [1.165, 1.54) is 44.5 Å². The van der Waals surface area contributed by atoms with Crippen LogP contribution in [0.25, 0.3) is 0 Å². The molecule has 1 atom stereocenters. The van der Waals surface area contributed by atoms with E-state index in [1.807, 2.05) is 0 Å². The van der Waals surface area contributed by atoms with E-state index >= 15 is 0 Å². The summed E-state index contributed by atoms with van der Waals surface area (Å²) in [4.78, 5) is 2.70. The van der Waals surface area contributed by atoms with E-state index < -0.39 is 0 Å². The van der Waals surface area contributed by atoms with Gasteiger partial charge in [-0.3, -0.25) is 4.90 Å². The number of hydrogen-bond acceptors (Lipinski definition) is 2. The van der Waals surface area contributed by atoms with Crippen molar-refractivity contribution < 1.29 is 0 Å². The summed E-state index contributed by atoms with van der Waals surface area (Å²) in [6, 6.07) is 11.8. The van der Waals surface area contributed by atoms with Crippen molar-refractivity contribution in [3.05, 3.63) is 35.9 Å². The lowest BCUT2D eigenvalue weighted by molar-refractivity contribution is 0.189. The molecule has 0 amide bonds. The highest BCUT2D eigenvalue weighted by atomic mass is 15.2. The Morgan fingerprint density at radius 2 is 1.88 bits per heavy atom. The summed E-state index contributed by atoms with van der Waals surface area (Å²) < 4.78 is 0. The zero-order chi connectivity index (χ0) is 11.5. The highest BCUT2D eigenvalue weighted by Crippen LogP contribution is 2.44. The van der Waals surface area contributed by atoms with Crippen LogP contribution in [0.5, 0.6) is 0 Å². The normalized spacial score (nSPS) is 24.2. The molecule has 0 spiro atoms. The Morgan fingerprint density at radius 3 is 2.65 bits per heavy atom. The van der Waals surface area contributed by atoms with Crippen molar-refractivity contribution in [2.75, 3.05) is 26.2 Å². The Morgan fingerprint density at radius 1 is 1.06 bits per heavy atom. The molecule has 1 saturated heterocycles. The second-order valence-corrected chi connectivity index (χ2v) is 5.33. The van der Waals surface area contributed by atoms with Gasteiger partial charge in [-0.2, -0.15) is 0 Å². The topological polar surface area (TPSA) is 15.3 Å². The summed E-state index contributed by atoms with van der Waals surface area (Å²) in [5.41, 5.74) is 1.52. The van der Waals surface area contributed by atoms with Gasteiger partial charge in [-0.1, -0.05) is 30.3 Å². The molecule has 1 N–H and O–H groups in total. The molecule has 0 bridgehead atoms. The van der Waals surface area contributed by atoms with Gasteiger partial charge in [-0.05, 0) is 37.3 Å². The van der Waals surface area contributed by atoms with E-state index in [1.54, 1.807) is 0 Å². The monoisotopic (exact) mass is 230 g/mol. The smallest absolute Gasteiger partial charge is 0.0376 e. The summed E-state index contributed by atoms with van der Waals surface area (Å²) in [6.07, 6.45) is 4.13. The maximum Gasteiger partial charge on any atom is 0.0376 e. The van der Waals surface area contributed by atoms with E-state index in [0.717, 1.165) is 12.5 Å². The first-order valence-electron chi connectivity index (χ1n) is 6.95. The Kier molecular flexibility index (Phi) is 3.44. The van der Waals surface area contributed by atoms with Crippen LogP contribution in [0, 0.1) is 5.92 Å². The molecule has 1 aromatic carbocycles. The average molecular weight is 230 g/mol. The van der Waals surface area contributed by atoms with Gasteiger partial charge >= 0.3 is 0 Å². The molecular weight excluding hydrogens is 208 g/mol. The fraction of sp³-hybridized carbons (Fsp3) is 0.600. The summed E-state index contributed by atoms with van der Waals surface area (Å²) in [6.45, 7) is 4.79. The van der Waals surface area contributed by atoms with Gasteiger partial charge in [-0.15, -0.1) is 0 Å². The number of hydrogen-bond donors (Lipinski definition) is 1. The fourth-order valence-corrected chi connectivity index (χ4v) is 2.99. The minimum Gasteiger partial charge on any atom is -0.315 e. The summed E-state index contributed by atoms with van der Waals surface area (Å²) in [7, 11) is 0. The van der Waals surface area contributed by atoms with Gasteiger partial charge in [0.05, 0.1) is 0 Å². The minimum atomic E-state index is 0.677. The van der Waals surface area contributed by atoms with Gasteiger partial charge in [0.25, 0.3) is 0 Å². The third-order valence-electron chi connectivity index (χ3n) is 3.98. The number of nitrogens with zero attached hydrogens (tertiary/aromatic N) is 1. The molecule has 1 unspecified atom stereocenters. The van der Waals surface area contributed by atoms with E-state index in [9.17, 15) is 0 Å². The molecule has 1 aliphatic heterocycles. The summed E-state index contributed by atoms with van der Waals surface area (Å²) >= 11 is 0. The van der Waals surface area contributed by atoms with Gasteiger partial charge in [0.2, 0.25) is 0 Å². The third-order valence-corrected chi connectivity index (χ3v) is 3.98. The van der Waals surface area contributed by atoms with Crippen molar-refractivity contribution in [3.8, 4) is 0 Å². The van der Waals surface area contributed by atoms with E-state index in [0.29, 0.717) is 6.04 Å². The Bertz CT molecular complexity index is 337. The molecule has 0 aromatic heterocycles. The standard InChI is InChI=1S/C15H22N2/c1-2-5-13(6-3-1)15(14-7-8-14)17-11-4-9-16-10-12-17/h1-3,5-6,14-16H,4,7-12H2. The van der Waals surface area contributed by atoms with Crippen LogP contribution in [0.15, 0.2) is 30.3 Å². The largest absolute Gasteiger partial charge is 0.315 e. The summed E-state index contributed by atoms with van der Waals surface area (Å²) in [5.74, 6) is 0.912. The van der Waals surface area contributed by atoms with Gasteiger partial charge in [0.1, 0.15) is 0 Å². The minimum absolute atomic E-state index is 0.677. The molecule has 2 aliphatic rings. The fourth-order valence-electron chi connectivity index (χ4n) is 2.99. The van der Waals surface area contributed by atoms with Crippen LogP contribution >= 0.6 is 0 Å². The van der Waals surface area contributed by atoms with Crippen molar-refractivity contribution >= 4 is 0 Å². The number of benzene rings is 1. The van der Waals surface area contributed by atoms with Crippen molar-refractivity contribution in [1.29, 1.82) is 0 Å². The van der Waals surface area contributed by atoms with Crippen LogP contribution in [0.1, 0.15) is 30.9 Å². The molecular formula is C15H22N2. The highest BCUT2D eigenvalue weighted by molar-refractivity contribution is 5.21. The maximum atomic E-state index is 3.50. The van der Waals surface area contributed by atoms with Crippen molar-refractivity contribution in [1.82, 2.24) is 10.2 Å². The van der Waals surface area contributed by atoms with E-state index in [4.69, 9.17) is 0 Å². The number of rotatable bonds is 3. The molecule has 1 saturated carbocycles. The second-order valence-electron chi connectivity index (χ2n) is 5.33. The predicted octanol–water partition coefficient (Wildman–Crippen LogP) is 2.43. The van der Waals surface area contributed by atoms with Gasteiger partial charge in [0.15, 0.2) is 0 Å². The van der Waals surface area contributed by atoms with Crippen LogP contribution in [-0.2, 0) is 0 Å². The lowest BCUT2D eigenvalue weighted by Gasteiger charge is -2.31. The maximum absolute atomic E-state index is 3.50. The molecule has 0 radical (unpaired) electrons. The predicted molar refractivity (Wildman–Crippen MR) is 71.0 cm³/mol. The van der Waals surface area contributed by atoms with Crippen molar-refractivity contribution in [2.24, 2.45) is 5.92 Å². The number of nitrogens with one attached hydrogen (secondary N) is 1. The van der Waals surface area contributed by atoms with Crippen molar-refractivity contribution in [3.63, 3.8) is 0 Å². The molecule has 17 heavy (non-hydrogen) atoms. The third kappa shape index (κ3) is 2.70. The Hall–Kier alpha value is -0.860. The van der Waals surface area contributed by atoms with Gasteiger partial charge in [-0.25, -0.2) is 0 Å². The molecule has 1 heterocycles. The molecule has 92 valence electrons. The molecule has 2 fully saturated rings. The van der Waals surface area contributed by atoms with Crippen LogP contribution in [0.2, 0.25) is 0 Å². The quantitative estimate of drug-likeness (QED) is 0.858. The van der Waals surface area contributed by atoms with Gasteiger partial charge in [0, 0.05) is 25.7 Å². The van der Waals surface area contributed by atoms with Gasteiger partial charge < -0.3 is 5.32 Å². The first-order valence-corrected chi connectivity index (χ1v) is 6.95. The Labute approximate surface area is 104 Å². The molecule has 3 rings (SSSR count). The lowest BCUT2D eigenvalue weighted by atomic mass is 10.0. The molecule has 2 nitrogen and oxygen atoms in total. The SMILES string of the molecule is c1ccc(C(C2CC2)N2CCCNCC2)cc1. The average Bonchev–Trinajstić information content (AvgIpc) is 3.18. The molecule has 2 heteroatoms. The van der Waals surface area contributed by atoms with Crippen LogP contribution in [0.3, 0.4) is 0 Å². The van der Waals surface area contributed by atoms with Crippen LogP contribution in [0.4, 0.5) is 0 Å². The summed E-state index contributed by atoms with van der Waals surface area (Å²) in [5, 5.41) is 3.50. The van der Waals surface area contributed by atoms with E-state index in [2.05, 4.69) is 40.5 Å². The van der Waals surface area contributed by atoms with Crippen LogP contribution < -0.4 is 5.32 Å². The second kappa shape index (κ2) is 5.19. The highest BCUT2D eigenvalue weighted by Gasteiger charge is 2.36. The lowest BCUT2D eigenvalue weighted by Crippen LogP contribution is -2.33. The first-order chi connectivity index (χ1) is 8.45. The zero-order valence-electron chi connectivity index (χ0n) is 10.4. The van der Waals surface area contributed by atoms with Crippen LogP contribution in [-0.4, -0.2) is 31.1 Å². The first kappa shape index (κ1) is 11.2. The van der Waals surface area contributed by atoms with E-state index in [-0.39, 0.29) is 0 Å². The van der Waals surface area contributed by atoms with Crippen molar-refractivity contribution in [2.45, 2.75) is 25.3 Å². The molecule has 1 aromatic rings.